The number of esters is 1. The number of hydrogen-bond donors (Lipinski definition) is 1. The summed E-state index contributed by atoms with van der Waals surface area (Å²) < 4.78 is 20.3. The fourth-order valence-electron chi connectivity index (χ4n) is 4.12. The molecule has 142 valence electrons. The molecule has 1 saturated carbocycles. The lowest BCUT2D eigenvalue weighted by atomic mass is 9.75. The van der Waals surface area contributed by atoms with E-state index in [1.807, 2.05) is 0 Å². The topological polar surface area (TPSA) is 73.2 Å². The van der Waals surface area contributed by atoms with Gasteiger partial charge < -0.3 is 10.1 Å². The van der Waals surface area contributed by atoms with Gasteiger partial charge in [-0.25, -0.2) is 9.07 Å². The minimum atomic E-state index is -0.613. The van der Waals surface area contributed by atoms with Crippen molar-refractivity contribution in [3.8, 4) is 5.69 Å². The van der Waals surface area contributed by atoms with E-state index in [1.165, 1.54) is 12.1 Å². The molecule has 6 nitrogen and oxygen atoms in total. The van der Waals surface area contributed by atoms with Gasteiger partial charge in [0.15, 0.2) is 0 Å². The molecule has 7 heteroatoms. The number of hydrogen-bond acceptors (Lipinski definition) is 4. The second-order valence-electron chi connectivity index (χ2n) is 7.34. The van der Waals surface area contributed by atoms with Gasteiger partial charge >= 0.3 is 5.97 Å². The van der Waals surface area contributed by atoms with Gasteiger partial charge in [0.1, 0.15) is 11.4 Å². The third kappa shape index (κ3) is 3.59. The largest absolute Gasteiger partial charge is 0.458 e. The lowest BCUT2D eigenvalue weighted by molar-refractivity contribution is -0.153. The van der Waals surface area contributed by atoms with Gasteiger partial charge in [0, 0.05) is 18.3 Å². The molecule has 0 bridgehead atoms. The molecule has 1 amide bonds. The van der Waals surface area contributed by atoms with Gasteiger partial charge in [-0.15, -0.1) is 0 Å². The summed E-state index contributed by atoms with van der Waals surface area (Å²) in [5, 5.41) is 7.17. The van der Waals surface area contributed by atoms with Crippen molar-refractivity contribution in [2.45, 2.75) is 50.7 Å². The third-order valence-corrected chi connectivity index (χ3v) is 5.53. The maximum absolute atomic E-state index is 13.0. The molecule has 0 unspecified atom stereocenters. The predicted octanol–water partition coefficient (Wildman–Crippen LogP) is 2.89. The number of aromatic nitrogens is 2. The molecule has 2 heterocycles. The molecule has 1 aromatic carbocycles. The second kappa shape index (κ2) is 7.13. The summed E-state index contributed by atoms with van der Waals surface area (Å²) in [6.07, 6.45) is 8.23. The lowest BCUT2D eigenvalue weighted by Crippen LogP contribution is -2.45. The van der Waals surface area contributed by atoms with E-state index < -0.39 is 11.5 Å². The molecule has 4 rings (SSSR count). The summed E-state index contributed by atoms with van der Waals surface area (Å²) in [6.45, 7) is 0.320. The maximum Gasteiger partial charge on any atom is 0.307 e. The predicted molar refractivity (Wildman–Crippen MR) is 95.4 cm³/mol. The van der Waals surface area contributed by atoms with E-state index in [0.717, 1.165) is 43.4 Å². The van der Waals surface area contributed by atoms with Gasteiger partial charge in [-0.05, 0) is 49.9 Å². The van der Waals surface area contributed by atoms with Crippen LogP contribution in [0.1, 0.15) is 44.1 Å². The molecular weight excluding hydrogens is 349 g/mol. The number of carbonyl (C=O) groups excluding carboxylic acids is 2. The van der Waals surface area contributed by atoms with Crippen LogP contribution in [0, 0.1) is 11.7 Å². The highest BCUT2D eigenvalue weighted by molar-refractivity contribution is 5.87. The Bertz CT molecular complexity index is 840. The molecule has 1 aliphatic heterocycles. The van der Waals surface area contributed by atoms with Gasteiger partial charge in [-0.2, -0.15) is 5.10 Å². The molecule has 1 spiro atoms. The van der Waals surface area contributed by atoms with Crippen LogP contribution in [0.2, 0.25) is 0 Å². The summed E-state index contributed by atoms with van der Waals surface area (Å²) in [5.74, 6) is -1.14. The van der Waals surface area contributed by atoms with Crippen molar-refractivity contribution in [1.82, 2.24) is 15.1 Å². The van der Waals surface area contributed by atoms with E-state index in [9.17, 15) is 14.0 Å². The van der Waals surface area contributed by atoms with E-state index in [4.69, 9.17) is 4.74 Å². The first kappa shape index (κ1) is 17.7. The second-order valence-corrected chi connectivity index (χ2v) is 7.34. The molecule has 2 aromatic rings. The highest BCUT2D eigenvalue weighted by Crippen LogP contribution is 2.44. The van der Waals surface area contributed by atoms with Crippen LogP contribution in [-0.2, 0) is 20.9 Å². The number of nitrogens with zero attached hydrogens (tertiary/aromatic N) is 2. The first-order chi connectivity index (χ1) is 13.1. The van der Waals surface area contributed by atoms with E-state index >= 15 is 0 Å². The fourth-order valence-corrected chi connectivity index (χ4v) is 4.12. The highest BCUT2D eigenvalue weighted by atomic mass is 19.1. The molecule has 27 heavy (non-hydrogen) atoms. The quantitative estimate of drug-likeness (QED) is 0.839. The average Bonchev–Trinajstić information content (AvgIpc) is 3.26. The van der Waals surface area contributed by atoms with Crippen molar-refractivity contribution < 1.29 is 18.7 Å². The molecule has 0 radical (unpaired) electrons. The molecule has 1 saturated heterocycles. The van der Waals surface area contributed by atoms with Crippen LogP contribution in [0.15, 0.2) is 36.7 Å². The Balaban J connectivity index is 1.40. The van der Waals surface area contributed by atoms with Crippen molar-refractivity contribution in [2.75, 3.05) is 0 Å². The van der Waals surface area contributed by atoms with Crippen LogP contribution >= 0.6 is 0 Å². The summed E-state index contributed by atoms with van der Waals surface area (Å²) in [5.41, 5.74) is 0.957. The Morgan fingerprint density at radius 3 is 2.74 bits per heavy atom. The number of benzene rings is 1. The smallest absolute Gasteiger partial charge is 0.307 e. The standard InChI is InChI=1S/C20H22FN3O3/c21-15-4-6-16(7-5-15)24-13-14(12-23-24)11-22-19(26)17-10-18(25)27-20(17)8-2-1-3-9-20/h4-7,12-13,17H,1-3,8-11H2,(H,22,26)/t17-/m1/s1. The first-order valence-corrected chi connectivity index (χ1v) is 9.35. The Morgan fingerprint density at radius 2 is 2.00 bits per heavy atom. The number of amides is 1. The molecule has 1 N–H and O–H groups in total. The van der Waals surface area contributed by atoms with Gasteiger partial charge in [-0.1, -0.05) is 6.42 Å². The normalized spacial score (nSPS) is 21.2. The van der Waals surface area contributed by atoms with Crippen LogP contribution < -0.4 is 5.32 Å². The van der Waals surface area contributed by atoms with Crippen molar-refractivity contribution in [3.05, 3.63) is 48.0 Å². The van der Waals surface area contributed by atoms with Crippen LogP contribution in [0.3, 0.4) is 0 Å². The van der Waals surface area contributed by atoms with Crippen molar-refractivity contribution in [2.24, 2.45) is 5.92 Å². The minimum Gasteiger partial charge on any atom is -0.458 e. The van der Waals surface area contributed by atoms with E-state index in [1.54, 1.807) is 29.2 Å². The SMILES string of the molecule is O=C1C[C@H](C(=O)NCc2cnn(-c3ccc(F)cc3)c2)C2(CCCCC2)O1. The highest BCUT2D eigenvalue weighted by Gasteiger charge is 2.52. The number of ether oxygens (including phenoxy) is 1. The molecule has 1 aliphatic carbocycles. The Kier molecular flexibility index (Phi) is 4.68. The Morgan fingerprint density at radius 1 is 1.26 bits per heavy atom. The Labute approximate surface area is 156 Å². The van der Waals surface area contributed by atoms with Gasteiger partial charge in [0.25, 0.3) is 0 Å². The maximum atomic E-state index is 13.0. The molecule has 1 aromatic heterocycles. The molecule has 1 atom stereocenters. The number of nitrogens with one attached hydrogen (secondary N) is 1. The number of halogens is 1. The van der Waals surface area contributed by atoms with Crippen LogP contribution in [-0.4, -0.2) is 27.3 Å². The van der Waals surface area contributed by atoms with Crippen LogP contribution in [0.4, 0.5) is 4.39 Å². The van der Waals surface area contributed by atoms with Crippen LogP contribution in [0.25, 0.3) is 5.69 Å². The van der Waals surface area contributed by atoms with Crippen molar-refractivity contribution in [1.29, 1.82) is 0 Å². The van der Waals surface area contributed by atoms with Gasteiger partial charge in [0.05, 0.1) is 24.2 Å². The minimum absolute atomic E-state index is 0.141. The zero-order valence-electron chi connectivity index (χ0n) is 15.0. The first-order valence-electron chi connectivity index (χ1n) is 9.35. The van der Waals surface area contributed by atoms with Crippen molar-refractivity contribution >= 4 is 11.9 Å². The van der Waals surface area contributed by atoms with Crippen molar-refractivity contribution in [3.63, 3.8) is 0 Å². The van der Waals surface area contributed by atoms with E-state index in [0.29, 0.717) is 6.54 Å². The van der Waals surface area contributed by atoms with Gasteiger partial charge in [-0.3, -0.25) is 9.59 Å². The zero-order chi connectivity index (χ0) is 18.9. The summed E-state index contributed by atoms with van der Waals surface area (Å²) >= 11 is 0. The molecular formula is C20H22FN3O3. The van der Waals surface area contributed by atoms with E-state index in [2.05, 4.69) is 10.4 Å². The lowest BCUT2D eigenvalue weighted by Gasteiger charge is -2.36. The Hall–Kier alpha value is -2.70. The average molecular weight is 371 g/mol. The number of rotatable bonds is 4. The van der Waals surface area contributed by atoms with Gasteiger partial charge in [0.2, 0.25) is 5.91 Å². The summed E-state index contributed by atoms with van der Waals surface area (Å²) in [4.78, 5) is 24.6. The molecule has 2 aliphatic rings. The van der Waals surface area contributed by atoms with E-state index in [-0.39, 0.29) is 24.1 Å². The fraction of sp³-hybridized carbons (Fsp3) is 0.450. The molecule has 2 fully saturated rings. The summed E-state index contributed by atoms with van der Waals surface area (Å²) in [7, 11) is 0. The third-order valence-electron chi connectivity index (χ3n) is 5.53. The van der Waals surface area contributed by atoms with Crippen LogP contribution in [0.5, 0.6) is 0 Å². The zero-order valence-corrected chi connectivity index (χ0v) is 15.0. The number of carbonyl (C=O) groups is 2. The monoisotopic (exact) mass is 371 g/mol. The summed E-state index contributed by atoms with van der Waals surface area (Å²) in [6, 6.07) is 6.02.